The van der Waals surface area contributed by atoms with Gasteiger partial charge >= 0.3 is 133 Å². The molecular weight excluding hydrogens is 325 g/mol. The first-order valence-electron chi connectivity index (χ1n) is 7.23. The van der Waals surface area contributed by atoms with Gasteiger partial charge in [0.05, 0.1) is 0 Å². The van der Waals surface area contributed by atoms with Gasteiger partial charge in [0.25, 0.3) is 0 Å². The number of benzene rings is 1. The summed E-state index contributed by atoms with van der Waals surface area (Å²) >= 11 is 0.297. The van der Waals surface area contributed by atoms with Crippen LogP contribution >= 0.6 is 0 Å². The minimum atomic E-state index is 0.152. The molecule has 0 radical (unpaired) electrons. The fraction of sp³-hybridized carbons (Fsp3) is 0.333. The molecule has 1 heterocycles. The predicted octanol–water partition coefficient (Wildman–Crippen LogP) is 3.50. The SMILES string of the molecule is CC(C)(C)[C@H]1CO/C(=C2/C=CC=C2[Se]c2ccccc2)[N-]1. The average molecular weight is 345 g/mol. The van der Waals surface area contributed by atoms with Crippen molar-refractivity contribution in [2.24, 2.45) is 5.41 Å². The van der Waals surface area contributed by atoms with Crippen LogP contribution in [0.2, 0.25) is 0 Å². The zero-order valence-electron chi connectivity index (χ0n) is 12.7. The van der Waals surface area contributed by atoms with Gasteiger partial charge in [-0.2, -0.15) is 0 Å². The van der Waals surface area contributed by atoms with Gasteiger partial charge in [-0.3, -0.25) is 0 Å². The molecule has 0 aromatic heterocycles. The van der Waals surface area contributed by atoms with E-state index >= 15 is 0 Å². The second-order valence-corrected chi connectivity index (χ2v) is 8.69. The summed E-state index contributed by atoms with van der Waals surface area (Å²) in [5, 5.41) is 4.81. The van der Waals surface area contributed by atoms with Gasteiger partial charge in [0, 0.05) is 0 Å². The summed E-state index contributed by atoms with van der Waals surface area (Å²) in [6.45, 7) is 7.34. The molecule has 0 N–H and O–H groups in total. The van der Waals surface area contributed by atoms with Crippen molar-refractivity contribution in [1.82, 2.24) is 0 Å². The number of hydrogen-bond donors (Lipinski definition) is 0. The summed E-state index contributed by atoms with van der Waals surface area (Å²) in [5.41, 5.74) is 1.32. The predicted molar refractivity (Wildman–Crippen MR) is 88.6 cm³/mol. The fourth-order valence-corrected chi connectivity index (χ4v) is 4.26. The Labute approximate surface area is 133 Å². The van der Waals surface area contributed by atoms with Gasteiger partial charge in [0.2, 0.25) is 0 Å². The van der Waals surface area contributed by atoms with E-state index in [0.29, 0.717) is 21.6 Å². The molecule has 2 nitrogen and oxygen atoms in total. The Morgan fingerprint density at radius 2 is 1.95 bits per heavy atom. The van der Waals surface area contributed by atoms with E-state index in [9.17, 15) is 0 Å². The molecule has 1 aromatic carbocycles. The van der Waals surface area contributed by atoms with Gasteiger partial charge in [0.15, 0.2) is 0 Å². The van der Waals surface area contributed by atoms with E-state index in [4.69, 9.17) is 10.1 Å². The van der Waals surface area contributed by atoms with Crippen LogP contribution in [-0.4, -0.2) is 27.6 Å². The van der Waals surface area contributed by atoms with E-state index in [1.54, 1.807) is 0 Å². The molecule has 1 atom stereocenters. The number of rotatable bonds is 2. The molecular formula is C18H20NOSe-. The first-order valence-corrected chi connectivity index (χ1v) is 8.95. The molecule has 1 fully saturated rings. The summed E-state index contributed by atoms with van der Waals surface area (Å²) in [5.74, 6) is 0.827. The van der Waals surface area contributed by atoms with Crippen LogP contribution < -0.4 is 4.46 Å². The molecule has 0 bridgehead atoms. The van der Waals surface area contributed by atoms with Crippen molar-refractivity contribution in [3.8, 4) is 0 Å². The first kappa shape index (κ1) is 14.5. The van der Waals surface area contributed by atoms with Crippen LogP contribution in [0.1, 0.15) is 20.8 Å². The standard InChI is InChI=1S/C18H20NOSe/c1-18(2,3)16-12-20-17(19-16)14-10-7-11-15(14)21-13-8-5-4-6-9-13/h4-11,16H,12H2,1-3H3/q-1/b17-14-/t16-/m1/s1. The molecule has 0 unspecified atom stereocenters. The summed E-state index contributed by atoms with van der Waals surface area (Å²) in [6, 6.07) is 10.9. The van der Waals surface area contributed by atoms with Crippen LogP contribution in [0, 0.1) is 5.41 Å². The number of hydrogen-bond acceptors (Lipinski definition) is 1. The van der Waals surface area contributed by atoms with Crippen molar-refractivity contribution >= 4 is 19.4 Å². The Hall–Kier alpha value is -1.44. The summed E-state index contributed by atoms with van der Waals surface area (Å²) in [7, 11) is 0. The van der Waals surface area contributed by atoms with E-state index in [2.05, 4.69) is 69.3 Å². The van der Waals surface area contributed by atoms with E-state index in [1.807, 2.05) is 0 Å². The maximum absolute atomic E-state index is 5.87. The van der Waals surface area contributed by atoms with Crippen LogP contribution in [0.5, 0.6) is 0 Å². The van der Waals surface area contributed by atoms with E-state index in [-0.39, 0.29) is 11.5 Å². The van der Waals surface area contributed by atoms with E-state index in [1.165, 1.54) is 14.5 Å². The Morgan fingerprint density at radius 1 is 1.19 bits per heavy atom. The minimum absolute atomic E-state index is 0.152. The average Bonchev–Trinajstić information content (AvgIpc) is 3.07. The molecule has 3 heteroatoms. The summed E-state index contributed by atoms with van der Waals surface area (Å²) in [4.78, 5) is 0. The third-order valence-electron chi connectivity index (χ3n) is 3.63. The monoisotopic (exact) mass is 346 g/mol. The maximum atomic E-state index is 5.87. The number of nitrogens with zero attached hydrogens (tertiary/aromatic N) is 1. The molecule has 110 valence electrons. The van der Waals surface area contributed by atoms with Crippen molar-refractivity contribution < 1.29 is 4.74 Å². The van der Waals surface area contributed by atoms with Gasteiger partial charge in [-0.25, -0.2) is 0 Å². The quantitative estimate of drug-likeness (QED) is 0.753. The zero-order valence-corrected chi connectivity index (χ0v) is 14.4. The Bertz CT molecular complexity index is 608. The molecule has 1 aliphatic carbocycles. The third-order valence-corrected chi connectivity index (χ3v) is 5.90. The van der Waals surface area contributed by atoms with Crippen LogP contribution in [0.25, 0.3) is 5.32 Å². The third kappa shape index (κ3) is 3.25. The molecule has 3 rings (SSSR count). The summed E-state index contributed by atoms with van der Waals surface area (Å²) in [6.07, 6.45) is 6.42. The normalized spacial score (nSPS) is 24.7. The topological polar surface area (TPSA) is 23.3 Å². The molecule has 1 saturated heterocycles. The fourth-order valence-electron chi connectivity index (χ4n) is 2.25. The molecule has 1 aliphatic heterocycles. The Kier molecular flexibility index (Phi) is 3.97. The first-order chi connectivity index (χ1) is 10.0. The van der Waals surface area contributed by atoms with Crippen LogP contribution in [0.3, 0.4) is 0 Å². The Morgan fingerprint density at radius 3 is 2.62 bits per heavy atom. The molecule has 2 aliphatic rings. The second kappa shape index (κ2) is 5.75. The van der Waals surface area contributed by atoms with E-state index < -0.39 is 0 Å². The van der Waals surface area contributed by atoms with Crippen LogP contribution in [0.15, 0.2) is 64.5 Å². The molecule has 1 aromatic rings. The zero-order chi connectivity index (χ0) is 14.9. The van der Waals surface area contributed by atoms with Crippen LogP contribution in [0.4, 0.5) is 0 Å². The van der Waals surface area contributed by atoms with Crippen molar-refractivity contribution in [3.63, 3.8) is 0 Å². The van der Waals surface area contributed by atoms with Crippen molar-refractivity contribution in [1.29, 1.82) is 0 Å². The Balaban J connectivity index is 1.78. The number of allylic oxidation sites excluding steroid dienone is 5. The molecule has 0 amide bonds. The molecule has 21 heavy (non-hydrogen) atoms. The second-order valence-electron chi connectivity index (χ2n) is 6.35. The molecule has 0 saturated carbocycles. The van der Waals surface area contributed by atoms with Gasteiger partial charge in [-0.1, -0.05) is 0 Å². The number of ether oxygens (including phenoxy) is 1. The van der Waals surface area contributed by atoms with Crippen LogP contribution in [-0.2, 0) is 4.74 Å². The van der Waals surface area contributed by atoms with Crippen molar-refractivity contribution in [2.45, 2.75) is 26.8 Å². The molecule has 0 spiro atoms. The van der Waals surface area contributed by atoms with Gasteiger partial charge in [-0.05, 0) is 0 Å². The van der Waals surface area contributed by atoms with Gasteiger partial charge < -0.3 is 0 Å². The van der Waals surface area contributed by atoms with E-state index in [0.717, 1.165) is 5.88 Å². The van der Waals surface area contributed by atoms with Gasteiger partial charge in [0.1, 0.15) is 0 Å². The van der Waals surface area contributed by atoms with Crippen molar-refractivity contribution in [3.05, 3.63) is 69.8 Å². The van der Waals surface area contributed by atoms with Crippen molar-refractivity contribution in [2.75, 3.05) is 6.61 Å². The van der Waals surface area contributed by atoms with Gasteiger partial charge in [-0.15, -0.1) is 0 Å². The summed E-state index contributed by atoms with van der Waals surface area (Å²) < 4.78 is 8.60.